The molecule has 66 valence electrons. The van der Waals surface area contributed by atoms with Crippen LogP contribution < -0.4 is 0 Å². The van der Waals surface area contributed by atoms with Crippen LogP contribution in [0.1, 0.15) is 13.8 Å². The second-order valence-electron chi connectivity index (χ2n) is 3.13. The molecule has 0 spiro atoms. The summed E-state index contributed by atoms with van der Waals surface area (Å²) in [4.78, 5) is 0. The fourth-order valence-corrected chi connectivity index (χ4v) is 1.53. The Labute approximate surface area is 71.5 Å². The van der Waals surface area contributed by atoms with Crippen molar-refractivity contribution in [2.75, 3.05) is 13.7 Å². The maximum absolute atomic E-state index is 12.1. The third-order valence-corrected chi connectivity index (χ3v) is 2.82. The van der Waals surface area contributed by atoms with E-state index in [1.165, 1.54) is 0 Å². The van der Waals surface area contributed by atoms with Crippen molar-refractivity contribution >= 4 is 12.3 Å². The molecule has 0 bridgehead atoms. The van der Waals surface area contributed by atoms with Crippen molar-refractivity contribution in [2.45, 2.75) is 26.0 Å². The monoisotopic (exact) mass is 179 g/mol. The van der Waals surface area contributed by atoms with Gasteiger partial charge in [0.1, 0.15) is 12.3 Å². The highest BCUT2D eigenvalue weighted by Crippen LogP contribution is 2.27. The quantitative estimate of drug-likeness (QED) is 0.614. The Bertz CT molecular complexity index is 136. The third-order valence-electron chi connectivity index (χ3n) is 2.27. The lowest BCUT2D eigenvalue weighted by Gasteiger charge is -2.40. The van der Waals surface area contributed by atoms with Crippen LogP contribution in [0.4, 0.5) is 3.89 Å². The maximum atomic E-state index is 12.1. The van der Waals surface area contributed by atoms with E-state index in [2.05, 4.69) is 6.92 Å². The van der Waals surface area contributed by atoms with Crippen LogP contribution in [0.15, 0.2) is 0 Å². The van der Waals surface area contributed by atoms with Crippen LogP contribution in [0.3, 0.4) is 0 Å². The van der Waals surface area contributed by atoms with E-state index in [9.17, 15) is 3.89 Å². The standard InChI is InChI=1S/C7H14FNOS/c1-5-4-10-7(5)6(2)9(3)11-8/h5-7H,4H2,1-3H3. The molecule has 2 nitrogen and oxygen atoms in total. The Morgan fingerprint density at radius 3 is 2.64 bits per heavy atom. The maximum Gasteiger partial charge on any atom is 0.134 e. The summed E-state index contributed by atoms with van der Waals surface area (Å²) in [5, 5.41) is 0. The summed E-state index contributed by atoms with van der Waals surface area (Å²) in [5.74, 6) is 0.569. The first-order valence-corrected chi connectivity index (χ1v) is 4.47. The molecule has 0 aromatic rings. The van der Waals surface area contributed by atoms with E-state index in [0.717, 1.165) is 6.61 Å². The smallest absolute Gasteiger partial charge is 0.134 e. The molecule has 1 rings (SSSR count). The van der Waals surface area contributed by atoms with Gasteiger partial charge in [-0.05, 0) is 6.92 Å². The largest absolute Gasteiger partial charge is 0.376 e. The zero-order valence-electron chi connectivity index (χ0n) is 7.08. The molecule has 1 aliphatic rings. The van der Waals surface area contributed by atoms with Crippen molar-refractivity contribution in [1.82, 2.24) is 4.31 Å². The van der Waals surface area contributed by atoms with Gasteiger partial charge in [0.05, 0.1) is 12.7 Å². The minimum Gasteiger partial charge on any atom is -0.376 e. The van der Waals surface area contributed by atoms with Crippen molar-refractivity contribution < 1.29 is 8.62 Å². The Kier molecular flexibility index (Phi) is 3.16. The molecule has 1 saturated heterocycles. The van der Waals surface area contributed by atoms with Gasteiger partial charge in [0, 0.05) is 19.0 Å². The minimum absolute atomic E-state index is 0.161. The average Bonchev–Trinajstić information content (AvgIpc) is 2.00. The lowest BCUT2D eigenvalue weighted by molar-refractivity contribution is -0.129. The molecule has 4 heteroatoms. The fourth-order valence-electron chi connectivity index (χ4n) is 1.28. The molecule has 0 aliphatic carbocycles. The van der Waals surface area contributed by atoms with Crippen molar-refractivity contribution in [2.24, 2.45) is 5.92 Å². The SMILES string of the molecule is CC1COC1C(C)N(C)SF. The molecule has 3 atom stereocenters. The summed E-state index contributed by atoms with van der Waals surface area (Å²) in [6.07, 6.45) is 0.211. The first kappa shape index (κ1) is 9.29. The Balaban J connectivity index is 2.34. The zero-order valence-corrected chi connectivity index (χ0v) is 7.90. The van der Waals surface area contributed by atoms with Gasteiger partial charge in [-0.3, -0.25) is 0 Å². The fraction of sp³-hybridized carbons (Fsp3) is 1.00. The first-order chi connectivity index (χ1) is 5.16. The van der Waals surface area contributed by atoms with Crippen LogP contribution in [-0.2, 0) is 4.74 Å². The van der Waals surface area contributed by atoms with Gasteiger partial charge in [0.15, 0.2) is 0 Å². The van der Waals surface area contributed by atoms with Gasteiger partial charge in [0.25, 0.3) is 0 Å². The normalized spacial score (nSPS) is 33.5. The molecule has 1 aliphatic heterocycles. The summed E-state index contributed by atoms with van der Waals surface area (Å²) < 4.78 is 19.0. The zero-order chi connectivity index (χ0) is 8.43. The summed E-state index contributed by atoms with van der Waals surface area (Å²) in [5.41, 5.74) is 0. The Morgan fingerprint density at radius 1 is 1.73 bits per heavy atom. The number of hydrogen-bond donors (Lipinski definition) is 0. The van der Waals surface area contributed by atoms with Crippen LogP contribution in [-0.4, -0.2) is 30.1 Å². The van der Waals surface area contributed by atoms with E-state index in [4.69, 9.17) is 4.74 Å². The average molecular weight is 179 g/mol. The lowest BCUT2D eigenvalue weighted by atomic mass is 9.95. The highest BCUT2D eigenvalue weighted by Gasteiger charge is 2.35. The molecule has 1 fully saturated rings. The van der Waals surface area contributed by atoms with E-state index < -0.39 is 0 Å². The van der Waals surface area contributed by atoms with Crippen LogP contribution in [0.5, 0.6) is 0 Å². The number of ether oxygens (including phenoxy) is 1. The third kappa shape index (κ3) is 1.86. The molecule has 0 N–H and O–H groups in total. The highest BCUT2D eigenvalue weighted by atomic mass is 32.2. The van der Waals surface area contributed by atoms with Gasteiger partial charge in [0.2, 0.25) is 0 Å². The first-order valence-electron chi connectivity index (χ1n) is 3.80. The number of hydrogen-bond acceptors (Lipinski definition) is 3. The van der Waals surface area contributed by atoms with E-state index in [-0.39, 0.29) is 24.5 Å². The number of halogens is 1. The van der Waals surface area contributed by atoms with Crippen LogP contribution in [0.25, 0.3) is 0 Å². The summed E-state index contributed by atoms with van der Waals surface area (Å²) in [7, 11) is 1.74. The number of rotatable bonds is 3. The summed E-state index contributed by atoms with van der Waals surface area (Å²) >= 11 is 0.266. The van der Waals surface area contributed by atoms with E-state index >= 15 is 0 Å². The van der Waals surface area contributed by atoms with Gasteiger partial charge in [-0.2, -0.15) is 0 Å². The predicted molar refractivity (Wildman–Crippen MR) is 44.8 cm³/mol. The van der Waals surface area contributed by atoms with Crippen molar-refractivity contribution in [3.63, 3.8) is 0 Å². The molecule has 1 heterocycles. The van der Waals surface area contributed by atoms with Gasteiger partial charge in [-0.15, -0.1) is 3.89 Å². The van der Waals surface area contributed by atoms with Gasteiger partial charge >= 0.3 is 0 Å². The lowest BCUT2D eigenvalue weighted by Crippen LogP contribution is -2.49. The van der Waals surface area contributed by atoms with Crippen LogP contribution in [0, 0.1) is 5.92 Å². The molecule has 0 radical (unpaired) electrons. The minimum atomic E-state index is 0.161. The van der Waals surface area contributed by atoms with Gasteiger partial charge < -0.3 is 4.74 Å². The van der Waals surface area contributed by atoms with Gasteiger partial charge in [-0.25, -0.2) is 4.31 Å². The molecule has 3 unspecified atom stereocenters. The van der Waals surface area contributed by atoms with Crippen molar-refractivity contribution in [1.29, 1.82) is 0 Å². The second kappa shape index (κ2) is 3.74. The topological polar surface area (TPSA) is 12.5 Å². The molecule has 0 aromatic carbocycles. The number of likely N-dealkylation sites (N-methyl/N-ethyl adjacent to an activating group) is 1. The Morgan fingerprint density at radius 2 is 2.36 bits per heavy atom. The number of nitrogens with zero attached hydrogens (tertiary/aromatic N) is 1. The van der Waals surface area contributed by atoms with Crippen LogP contribution in [0.2, 0.25) is 0 Å². The summed E-state index contributed by atoms with van der Waals surface area (Å²) in [6, 6.07) is 0.161. The Hall–Kier alpha value is 0.200. The van der Waals surface area contributed by atoms with Crippen molar-refractivity contribution in [3.05, 3.63) is 0 Å². The van der Waals surface area contributed by atoms with Crippen molar-refractivity contribution in [3.8, 4) is 0 Å². The molecule has 0 aromatic heterocycles. The van der Waals surface area contributed by atoms with E-state index in [0.29, 0.717) is 5.92 Å². The molecule has 0 saturated carbocycles. The van der Waals surface area contributed by atoms with E-state index in [1.807, 2.05) is 6.92 Å². The van der Waals surface area contributed by atoms with Crippen LogP contribution >= 0.6 is 12.3 Å². The van der Waals surface area contributed by atoms with Gasteiger partial charge in [-0.1, -0.05) is 6.92 Å². The summed E-state index contributed by atoms with van der Waals surface area (Å²) in [6.45, 7) is 4.92. The highest BCUT2D eigenvalue weighted by molar-refractivity contribution is 7.91. The molecular weight excluding hydrogens is 165 g/mol. The van der Waals surface area contributed by atoms with E-state index in [1.54, 1.807) is 11.4 Å². The second-order valence-corrected chi connectivity index (χ2v) is 3.85. The molecule has 0 amide bonds. The predicted octanol–water partition coefficient (Wildman–Crippen LogP) is 1.87. The molecular formula is C7H14FNOS. The molecule has 11 heavy (non-hydrogen) atoms.